The Morgan fingerprint density at radius 3 is 2.52 bits per heavy atom. The highest BCUT2D eigenvalue weighted by Crippen LogP contribution is 2.35. The molecule has 1 heterocycles. The number of carbonyl (C=O) groups is 2. The third-order valence-electron chi connectivity index (χ3n) is 4.90. The molecule has 1 aliphatic rings. The lowest BCUT2D eigenvalue weighted by molar-refractivity contribution is -0.123. The Morgan fingerprint density at radius 2 is 1.79 bits per heavy atom. The molecule has 3 aromatic carbocycles. The number of imide groups is 1. The minimum Gasteiger partial charge on any atom is -0.493 e. The average Bonchev–Trinajstić information content (AvgIpc) is 3.06. The second kappa shape index (κ2) is 10.1. The molecule has 0 atom stereocenters. The molecule has 0 spiro atoms. The van der Waals surface area contributed by atoms with Crippen molar-refractivity contribution < 1.29 is 23.5 Å². The van der Waals surface area contributed by atoms with Gasteiger partial charge in [-0.3, -0.25) is 14.5 Å². The molecule has 0 unspecified atom stereocenters. The van der Waals surface area contributed by atoms with E-state index in [1.807, 2.05) is 6.07 Å². The molecule has 1 aliphatic heterocycles. The number of nitrogens with zero attached hydrogens (tertiary/aromatic N) is 1. The number of rotatable bonds is 7. The summed E-state index contributed by atoms with van der Waals surface area (Å²) in [5, 5.41) is 0.210. The van der Waals surface area contributed by atoms with Crippen LogP contribution >= 0.6 is 23.4 Å². The van der Waals surface area contributed by atoms with Gasteiger partial charge in [-0.15, -0.1) is 0 Å². The smallest absolute Gasteiger partial charge is 0.293 e. The fraction of sp³-hybridized carbons (Fsp3) is 0.120. The van der Waals surface area contributed by atoms with Gasteiger partial charge in [-0.2, -0.15) is 0 Å². The predicted octanol–water partition coefficient (Wildman–Crippen LogP) is 6.30. The van der Waals surface area contributed by atoms with E-state index in [0.717, 1.165) is 22.9 Å². The third-order valence-corrected chi connectivity index (χ3v) is 6.04. The van der Waals surface area contributed by atoms with Crippen molar-refractivity contribution in [2.75, 3.05) is 7.11 Å². The Bertz CT molecular complexity index is 1230. The van der Waals surface area contributed by atoms with Gasteiger partial charge in [0.25, 0.3) is 11.1 Å². The Morgan fingerprint density at radius 1 is 1.00 bits per heavy atom. The van der Waals surface area contributed by atoms with Gasteiger partial charge in [0.05, 0.1) is 18.6 Å². The molecule has 168 valence electrons. The molecule has 5 nitrogen and oxygen atoms in total. The highest BCUT2D eigenvalue weighted by atomic mass is 35.5. The Kier molecular flexibility index (Phi) is 7.01. The van der Waals surface area contributed by atoms with Crippen LogP contribution in [0.5, 0.6) is 11.5 Å². The van der Waals surface area contributed by atoms with Crippen molar-refractivity contribution in [3.8, 4) is 11.5 Å². The van der Waals surface area contributed by atoms with E-state index in [0.29, 0.717) is 27.0 Å². The molecule has 33 heavy (non-hydrogen) atoms. The summed E-state index contributed by atoms with van der Waals surface area (Å²) in [6.07, 6.45) is 1.65. The van der Waals surface area contributed by atoms with Gasteiger partial charge in [0, 0.05) is 5.02 Å². The number of halogens is 2. The fourth-order valence-electron chi connectivity index (χ4n) is 3.24. The largest absolute Gasteiger partial charge is 0.493 e. The van der Waals surface area contributed by atoms with Crippen molar-refractivity contribution >= 4 is 40.6 Å². The van der Waals surface area contributed by atoms with Crippen LogP contribution in [0.4, 0.5) is 9.18 Å². The first-order chi connectivity index (χ1) is 15.9. The van der Waals surface area contributed by atoms with E-state index in [9.17, 15) is 14.0 Å². The van der Waals surface area contributed by atoms with Crippen molar-refractivity contribution in [3.05, 3.63) is 99.2 Å². The molecule has 2 amide bonds. The molecule has 0 bridgehead atoms. The standard InChI is InChI=1S/C25H19ClFNO4S/c1-31-22-12-17(7-10-21(22)32-15-16-5-8-20(27)9-6-16)13-23-24(29)28(25(30)33-23)14-18-3-2-4-19(26)11-18/h2-13H,14-15H2,1H3/b23-13-. The number of carbonyl (C=O) groups excluding carboxylic acids is 2. The lowest BCUT2D eigenvalue weighted by atomic mass is 10.1. The molecule has 4 rings (SSSR count). The van der Waals surface area contributed by atoms with Gasteiger partial charge in [0.15, 0.2) is 11.5 Å². The maximum atomic E-state index is 13.1. The summed E-state index contributed by atoms with van der Waals surface area (Å²) in [5.41, 5.74) is 2.28. The van der Waals surface area contributed by atoms with Crippen LogP contribution in [0.1, 0.15) is 16.7 Å². The second-order valence-corrected chi connectivity index (χ2v) is 8.65. The number of hydrogen-bond donors (Lipinski definition) is 0. The fourth-order valence-corrected chi connectivity index (χ4v) is 4.29. The van der Waals surface area contributed by atoms with E-state index in [-0.39, 0.29) is 30.1 Å². The molecule has 8 heteroatoms. The van der Waals surface area contributed by atoms with Gasteiger partial charge in [0.2, 0.25) is 0 Å². The zero-order valence-corrected chi connectivity index (χ0v) is 19.2. The zero-order chi connectivity index (χ0) is 23.4. The molecule has 3 aromatic rings. The third kappa shape index (κ3) is 5.56. The number of methoxy groups -OCH3 is 1. The zero-order valence-electron chi connectivity index (χ0n) is 17.6. The summed E-state index contributed by atoms with van der Waals surface area (Å²) in [7, 11) is 1.52. The number of amides is 2. The van der Waals surface area contributed by atoms with E-state index in [4.69, 9.17) is 21.1 Å². The summed E-state index contributed by atoms with van der Waals surface area (Å²) in [5.74, 6) is 0.315. The van der Waals surface area contributed by atoms with Gasteiger partial charge in [-0.1, -0.05) is 41.9 Å². The predicted molar refractivity (Wildman–Crippen MR) is 127 cm³/mol. The molecule has 0 saturated carbocycles. The molecular formula is C25H19ClFNO4S. The minimum absolute atomic E-state index is 0.155. The molecule has 1 fully saturated rings. The van der Waals surface area contributed by atoms with Crippen LogP contribution < -0.4 is 9.47 Å². The molecule has 0 N–H and O–H groups in total. The molecule has 0 aliphatic carbocycles. The van der Waals surface area contributed by atoms with E-state index >= 15 is 0 Å². The number of ether oxygens (including phenoxy) is 2. The average molecular weight is 484 g/mol. The van der Waals surface area contributed by atoms with E-state index in [1.54, 1.807) is 54.6 Å². The van der Waals surface area contributed by atoms with E-state index in [1.165, 1.54) is 24.1 Å². The van der Waals surface area contributed by atoms with Gasteiger partial charge in [-0.25, -0.2) is 4.39 Å². The van der Waals surface area contributed by atoms with Gasteiger partial charge >= 0.3 is 0 Å². The van der Waals surface area contributed by atoms with Gasteiger partial charge < -0.3 is 9.47 Å². The Balaban J connectivity index is 1.48. The highest BCUT2D eigenvalue weighted by molar-refractivity contribution is 8.18. The number of thioether (sulfide) groups is 1. The topological polar surface area (TPSA) is 55.8 Å². The Hall–Kier alpha value is -3.29. The summed E-state index contributed by atoms with van der Waals surface area (Å²) in [6, 6.07) is 18.3. The first kappa shape index (κ1) is 22.9. The van der Waals surface area contributed by atoms with Gasteiger partial charge in [0.1, 0.15) is 12.4 Å². The first-order valence-electron chi connectivity index (χ1n) is 9.98. The van der Waals surface area contributed by atoms with E-state index < -0.39 is 0 Å². The van der Waals surface area contributed by atoms with Crippen LogP contribution in [0.25, 0.3) is 6.08 Å². The molecule has 0 radical (unpaired) electrons. The van der Waals surface area contributed by atoms with Crippen LogP contribution in [-0.2, 0) is 17.9 Å². The van der Waals surface area contributed by atoms with Crippen LogP contribution in [-0.4, -0.2) is 23.2 Å². The molecule has 1 saturated heterocycles. The normalized spacial score (nSPS) is 14.8. The molecular weight excluding hydrogens is 465 g/mol. The summed E-state index contributed by atoms with van der Waals surface area (Å²) in [4.78, 5) is 26.8. The summed E-state index contributed by atoms with van der Waals surface area (Å²) in [6.45, 7) is 0.403. The SMILES string of the molecule is COc1cc(/C=C2\SC(=O)N(Cc3cccc(Cl)c3)C2=O)ccc1OCc1ccc(F)cc1. The van der Waals surface area contributed by atoms with Crippen LogP contribution in [0.3, 0.4) is 0 Å². The summed E-state index contributed by atoms with van der Waals surface area (Å²) >= 11 is 6.89. The first-order valence-corrected chi connectivity index (χ1v) is 11.2. The quantitative estimate of drug-likeness (QED) is 0.369. The van der Waals surface area contributed by atoms with Crippen LogP contribution in [0.15, 0.2) is 71.6 Å². The lowest BCUT2D eigenvalue weighted by Crippen LogP contribution is -2.27. The van der Waals surface area contributed by atoms with Crippen LogP contribution in [0, 0.1) is 5.82 Å². The van der Waals surface area contributed by atoms with Crippen molar-refractivity contribution in [2.45, 2.75) is 13.2 Å². The maximum absolute atomic E-state index is 13.1. The van der Waals surface area contributed by atoms with Crippen molar-refractivity contribution in [1.82, 2.24) is 4.90 Å². The summed E-state index contributed by atoms with van der Waals surface area (Å²) < 4.78 is 24.3. The van der Waals surface area contributed by atoms with Crippen molar-refractivity contribution in [2.24, 2.45) is 0 Å². The lowest BCUT2D eigenvalue weighted by Gasteiger charge is -2.13. The Labute approximate surface area is 199 Å². The maximum Gasteiger partial charge on any atom is 0.293 e. The number of benzene rings is 3. The van der Waals surface area contributed by atoms with Gasteiger partial charge in [-0.05, 0) is 70.9 Å². The molecule has 0 aromatic heterocycles. The number of hydrogen-bond acceptors (Lipinski definition) is 5. The van der Waals surface area contributed by atoms with Crippen molar-refractivity contribution in [1.29, 1.82) is 0 Å². The minimum atomic E-state index is -0.361. The highest BCUT2D eigenvalue weighted by Gasteiger charge is 2.35. The second-order valence-electron chi connectivity index (χ2n) is 7.22. The van der Waals surface area contributed by atoms with E-state index in [2.05, 4.69) is 0 Å². The monoisotopic (exact) mass is 483 g/mol. The van der Waals surface area contributed by atoms with Crippen molar-refractivity contribution in [3.63, 3.8) is 0 Å². The van der Waals surface area contributed by atoms with Crippen LogP contribution in [0.2, 0.25) is 5.02 Å².